The van der Waals surface area contributed by atoms with Gasteiger partial charge in [0.05, 0.1) is 0 Å². The molecule has 0 unspecified atom stereocenters. The molecule has 0 heterocycles. The highest BCUT2D eigenvalue weighted by molar-refractivity contribution is 7.45. The molecule has 0 saturated carbocycles. The van der Waals surface area contributed by atoms with Crippen molar-refractivity contribution in [1.82, 2.24) is 0 Å². The first-order valence-corrected chi connectivity index (χ1v) is 6.55. The molecule has 0 radical (unpaired) electrons. The molecule has 0 aliphatic rings. The Bertz CT molecular complexity index is 510. The van der Waals surface area contributed by atoms with Crippen molar-refractivity contribution in [3.8, 4) is 16.9 Å². The maximum atomic E-state index is 9.10. The molecule has 96 valence electrons. The van der Waals surface area contributed by atoms with E-state index in [0.29, 0.717) is 5.75 Å². The summed E-state index contributed by atoms with van der Waals surface area (Å²) >= 11 is 0. The molecule has 0 atom stereocenters. The van der Waals surface area contributed by atoms with Gasteiger partial charge in [0.15, 0.2) is 0 Å². The van der Waals surface area contributed by atoms with Gasteiger partial charge in [-0.1, -0.05) is 42.5 Å². The van der Waals surface area contributed by atoms with Crippen LogP contribution in [0.25, 0.3) is 11.1 Å². The molecule has 2 aromatic carbocycles. The molecule has 2 aromatic rings. The summed E-state index contributed by atoms with van der Waals surface area (Å²) in [6.45, 7) is 0. The third-order valence-electron chi connectivity index (χ3n) is 1.97. The molecule has 0 spiro atoms. The topological polar surface area (TPSA) is 98.0 Å². The molecule has 0 fully saturated rings. The third-order valence-corrected chi connectivity index (χ3v) is 1.97. The SMILES string of the molecule is O=P(O)(O)O.Oc1ccc(-c2ccccc2)cc1. The molecule has 0 aliphatic carbocycles. The average Bonchev–Trinajstić information content (AvgIpc) is 2.29. The molecule has 2 rings (SSSR count). The lowest BCUT2D eigenvalue weighted by atomic mass is 10.1. The fourth-order valence-electron chi connectivity index (χ4n) is 1.28. The first kappa shape index (κ1) is 14.4. The second-order valence-electron chi connectivity index (χ2n) is 3.43. The maximum Gasteiger partial charge on any atom is 0.466 e. The minimum absolute atomic E-state index is 0.305. The van der Waals surface area contributed by atoms with Gasteiger partial charge in [0, 0.05) is 0 Å². The van der Waals surface area contributed by atoms with Crippen LogP contribution in [0.1, 0.15) is 0 Å². The van der Waals surface area contributed by atoms with Gasteiger partial charge in [-0.15, -0.1) is 0 Å². The van der Waals surface area contributed by atoms with E-state index >= 15 is 0 Å². The van der Waals surface area contributed by atoms with Gasteiger partial charge in [0.1, 0.15) is 5.75 Å². The summed E-state index contributed by atoms with van der Waals surface area (Å²) in [5.74, 6) is 0.305. The molecule has 5 nitrogen and oxygen atoms in total. The number of hydrogen-bond donors (Lipinski definition) is 4. The van der Waals surface area contributed by atoms with Gasteiger partial charge in [0.2, 0.25) is 0 Å². The van der Waals surface area contributed by atoms with Gasteiger partial charge in [-0.2, -0.15) is 0 Å². The smallest absolute Gasteiger partial charge is 0.466 e. The molecule has 18 heavy (non-hydrogen) atoms. The zero-order chi connectivity index (χ0) is 13.6. The van der Waals surface area contributed by atoms with E-state index in [4.69, 9.17) is 24.4 Å². The molecule has 4 N–H and O–H groups in total. The van der Waals surface area contributed by atoms with Crippen molar-refractivity contribution < 1.29 is 24.4 Å². The van der Waals surface area contributed by atoms with Crippen molar-refractivity contribution in [2.45, 2.75) is 0 Å². The normalized spacial score (nSPS) is 10.4. The van der Waals surface area contributed by atoms with E-state index in [1.165, 1.54) is 5.56 Å². The van der Waals surface area contributed by atoms with E-state index in [1.807, 2.05) is 42.5 Å². The van der Waals surface area contributed by atoms with E-state index in [9.17, 15) is 0 Å². The van der Waals surface area contributed by atoms with Crippen LogP contribution in [0.4, 0.5) is 0 Å². The predicted molar refractivity (Wildman–Crippen MR) is 67.8 cm³/mol. The Hall–Kier alpha value is -1.65. The summed E-state index contributed by atoms with van der Waals surface area (Å²) in [4.78, 5) is 21.6. The van der Waals surface area contributed by atoms with E-state index in [2.05, 4.69) is 0 Å². The maximum absolute atomic E-state index is 9.10. The minimum atomic E-state index is -4.64. The molecule has 6 heteroatoms. The molecule has 0 bridgehead atoms. The van der Waals surface area contributed by atoms with Crippen molar-refractivity contribution >= 4 is 7.82 Å². The van der Waals surface area contributed by atoms with Crippen molar-refractivity contribution in [1.29, 1.82) is 0 Å². The Morgan fingerprint density at radius 1 is 0.722 bits per heavy atom. The minimum Gasteiger partial charge on any atom is -0.508 e. The average molecular weight is 268 g/mol. The molecule has 0 amide bonds. The monoisotopic (exact) mass is 268 g/mol. The molecule has 0 aliphatic heterocycles. The van der Waals surface area contributed by atoms with Crippen LogP contribution < -0.4 is 0 Å². The standard InChI is InChI=1S/C12H10O.H3O4P/c13-12-8-6-11(7-9-12)10-4-2-1-3-5-10;1-5(2,3)4/h1-9,13H;(H3,1,2,3,4). The van der Waals surface area contributed by atoms with Gasteiger partial charge in [-0.3, -0.25) is 0 Å². The van der Waals surface area contributed by atoms with Gasteiger partial charge in [-0.05, 0) is 23.3 Å². The Morgan fingerprint density at radius 2 is 1.11 bits per heavy atom. The van der Waals surface area contributed by atoms with Crippen molar-refractivity contribution in [2.24, 2.45) is 0 Å². The summed E-state index contributed by atoms with van der Waals surface area (Å²) in [7, 11) is -4.64. The fraction of sp³-hybridized carbons (Fsp3) is 0. The first-order valence-electron chi connectivity index (χ1n) is 4.99. The number of phenolic OH excluding ortho intramolecular Hbond substituents is 1. The van der Waals surface area contributed by atoms with E-state index in [1.54, 1.807) is 12.1 Å². The van der Waals surface area contributed by atoms with Crippen molar-refractivity contribution in [3.63, 3.8) is 0 Å². The van der Waals surface area contributed by atoms with E-state index in [-0.39, 0.29) is 0 Å². The highest BCUT2D eigenvalue weighted by atomic mass is 31.2. The van der Waals surface area contributed by atoms with E-state index in [0.717, 1.165) is 5.56 Å². The number of benzene rings is 2. The zero-order valence-corrected chi connectivity index (χ0v) is 10.2. The Kier molecular flexibility index (Phi) is 5.07. The Morgan fingerprint density at radius 3 is 1.56 bits per heavy atom. The van der Waals surface area contributed by atoms with Crippen LogP contribution in [-0.4, -0.2) is 19.8 Å². The molecule has 0 aromatic heterocycles. The lowest BCUT2D eigenvalue weighted by Crippen LogP contribution is -1.74. The number of phenols is 1. The van der Waals surface area contributed by atoms with Gasteiger partial charge >= 0.3 is 7.82 Å². The number of aromatic hydroxyl groups is 1. The lowest BCUT2D eigenvalue weighted by molar-refractivity contribution is 0.275. The number of phosphoric acid groups is 1. The van der Waals surface area contributed by atoms with Crippen LogP contribution in [0.15, 0.2) is 54.6 Å². The van der Waals surface area contributed by atoms with Gasteiger partial charge in [0.25, 0.3) is 0 Å². The number of rotatable bonds is 1. The third kappa shape index (κ3) is 6.18. The largest absolute Gasteiger partial charge is 0.508 e. The molecular weight excluding hydrogens is 255 g/mol. The van der Waals surface area contributed by atoms with Crippen LogP contribution in [0.5, 0.6) is 5.75 Å². The van der Waals surface area contributed by atoms with Crippen LogP contribution in [0.2, 0.25) is 0 Å². The number of hydrogen-bond acceptors (Lipinski definition) is 2. The predicted octanol–water partition coefficient (Wildman–Crippen LogP) is 2.13. The summed E-state index contributed by atoms with van der Waals surface area (Å²) in [6, 6.07) is 17.3. The van der Waals surface area contributed by atoms with Crippen LogP contribution >= 0.6 is 7.82 Å². The Balaban J connectivity index is 0.000000280. The highest BCUT2D eigenvalue weighted by Crippen LogP contribution is 2.25. The van der Waals surface area contributed by atoms with E-state index < -0.39 is 7.82 Å². The summed E-state index contributed by atoms with van der Waals surface area (Å²) in [5, 5.41) is 9.10. The summed E-state index contributed by atoms with van der Waals surface area (Å²) in [6.07, 6.45) is 0. The summed E-state index contributed by atoms with van der Waals surface area (Å²) in [5.41, 5.74) is 2.29. The molecule has 0 saturated heterocycles. The Labute approximate surface area is 104 Å². The fourth-order valence-corrected chi connectivity index (χ4v) is 1.28. The van der Waals surface area contributed by atoms with Crippen molar-refractivity contribution in [3.05, 3.63) is 54.6 Å². The zero-order valence-electron chi connectivity index (χ0n) is 9.34. The van der Waals surface area contributed by atoms with Gasteiger partial charge < -0.3 is 19.8 Å². The van der Waals surface area contributed by atoms with Gasteiger partial charge in [-0.25, -0.2) is 4.57 Å². The summed E-state index contributed by atoms with van der Waals surface area (Å²) < 4.78 is 8.88. The first-order chi connectivity index (χ1) is 8.36. The van der Waals surface area contributed by atoms with Crippen LogP contribution in [0.3, 0.4) is 0 Å². The highest BCUT2D eigenvalue weighted by Gasteiger charge is 2.00. The van der Waals surface area contributed by atoms with Crippen LogP contribution in [-0.2, 0) is 4.57 Å². The van der Waals surface area contributed by atoms with Crippen LogP contribution in [0, 0.1) is 0 Å². The second kappa shape index (κ2) is 6.33. The lowest BCUT2D eigenvalue weighted by Gasteiger charge is -2.00. The molecular formula is C12H13O5P. The second-order valence-corrected chi connectivity index (χ2v) is 4.45. The quantitative estimate of drug-likeness (QED) is 0.594. The van der Waals surface area contributed by atoms with Crippen molar-refractivity contribution in [2.75, 3.05) is 0 Å².